The summed E-state index contributed by atoms with van der Waals surface area (Å²) in [6.45, 7) is 2.01. The average molecular weight is 347 g/mol. The van der Waals surface area contributed by atoms with E-state index in [4.69, 9.17) is 0 Å². The highest BCUT2D eigenvalue weighted by molar-refractivity contribution is 9.09. The summed E-state index contributed by atoms with van der Waals surface area (Å²) in [6.07, 6.45) is 4.61. The molecule has 2 heteroatoms. The zero-order valence-electron chi connectivity index (χ0n) is 12.3. The molecule has 2 aromatic carbocycles. The molecule has 0 saturated heterocycles. The molecule has 2 aromatic rings. The Labute approximate surface area is 134 Å². The smallest absolute Gasteiger partial charge is 0.123 e. The number of rotatable bonds is 2. The van der Waals surface area contributed by atoms with Crippen LogP contribution in [0.2, 0.25) is 0 Å². The zero-order chi connectivity index (χ0) is 14.8. The van der Waals surface area contributed by atoms with Gasteiger partial charge in [-0.25, -0.2) is 4.39 Å². The molecule has 0 nitrogen and oxygen atoms in total. The first-order chi connectivity index (χ1) is 10.1. The van der Waals surface area contributed by atoms with Gasteiger partial charge in [0.15, 0.2) is 0 Å². The lowest BCUT2D eigenvalue weighted by Gasteiger charge is -2.22. The van der Waals surface area contributed by atoms with Crippen LogP contribution in [0.1, 0.15) is 39.9 Å². The molecule has 1 aliphatic rings. The maximum absolute atomic E-state index is 13.3. The van der Waals surface area contributed by atoms with Crippen LogP contribution < -0.4 is 0 Å². The van der Waals surface area contributed by atoms with E-state index in [-0.39, 0.29) is 5.82 Å². The van der Waals surface area contributed by atoms with Crippen LogP contribution in [0.4, 0.5) is 4.39 Å². The van der Waals surface area contributed by atoms with Gasteiger partial charge < -0.3 is 0 Å². The quantitative estimate of drug-likeness (QED) is 0.478. The number of alkyl halides is 1. The number of fused-ring (bicyclic) bond motifs is 1. The van der Waals surface area contributed by atoms with Crippen LogP contribution in [-0.4, -0.2) is 0 Å². The highest BCUT2D eigenvalue weighted by Gasteiger charge is 2.26. The minimum atomic E-state index is -0.141. The Balaban J connectivity index is 1.86. The third kappa shape index (κ3) is 3.21. The van der Waals surface area contributed by atoms with Gasteiger partial charge in [-0.2, -0.15) is 0 Å². The maximum atomic E-state index is 13.3. The molecule has 2 atom stereocenters. The Bertz CT molecular complexity index is 635. The van der Waals surface area contributed by atoms with Crippen molar-refractivity contribution >= 4 is 15.9 Å². The highest BCUT2D eigenvalue weighted by Crippen LogP contribution is 2.41. The van der Waals surface area contributed by atoms with Gasteiger partial charge in [-0.05, 0) is 72.9 Å². The molecule has 1 aliphatic carbocycles. The van der Waals surface area contributed by atoms with Crippen molar-refractivity contribution in [3.8, 4) is 0 Å². The summed E-state index contributed by atoms with van der Waals surface area (Å²) in [7, 11) is 0. The van der Waals surface area contributed by atoms with Crippen molar-refractivity contribution in [2.24, 2.45) is 5.92 Å². The van der Waals surface area contributed by atoms with Gasteiger partial charge in [0.25, 0.3) is 0 Å². The van der Waals surface area contributed by atoms with Gasteiger partial charge in [0.2, 0.25) is 0 Å². The summed E-state index contributed by atoms with van der Waals surface area (Å²) < 4.78 is 13.3. The molecule has 0 bridgehead atoms. The molecule has 0 fully saturated rings. The third-order valence-electron chi connectivity index (χ3n) is 4.57. The first-order valence-electron chi connectivity index (χ1n) is 7.62. The Morgan fingerprint density at radius 2 is 2.00 bits per heavy atom. The SMILES string of the molecule is Cc1cc(F)ccc1CC1CCCc2ccccc2C1Br. The Kier molecular flexibility index (Phi) is 4.44. The summed E-state index contributed by atoms with van der Waals surface area (Å²) in [5.74, 6) is 0.427. The minimum Gasteiger partial charge on any atom is -0.207 e. The Morgan fingerprint density at radius 3 is 2.81 bits per heavy atom. The van der Waals surface area contributed by atoms with Crippen LogP contribution in [0.15, 0.2) is 42.5 Å². The van der Waals surface area contributed by atoms with Crippen LogP contribution in [0.25, 0.3) is 0 Å². The number of hydrogen-bond acceptors (Lipinski definition) is 0. The summed E-state index contributed by atoms with van der Waals surface area (Å²) in [5, 5.41) is 0. The molecule has 0 N–H and O–H groups in total. The van der Waals surface area contributed by atoms with Gasteiger partial charge in [0, 0.05) is 4.83 Å². The van der Waals surface area contributed by atoms with Crippen molar-refractivity contribution in [2.75, 3.05) is 0 Å². The van der Waals surface area contributed by atoms with Crippen molar-refractivity contribution < 1.29 is 4.39 Å². The standard InChI is InChI=1S/C19H20BrF/c1-13-11-17(21)10-9-15(13)12-16-7-4-6-14-5-2-3-8-18(14)19(16)20/h2-3,5,8-11,16,19H,4,6-7,12H2,1H3. The van der Waals surface area contributed by atoms with Crippen LogP contribution in [-0.2, 0) is 12.8 Å². The molecular formula is C19H20BrF. The highest BCUT2D eigenvalue weighted by atomic mass is 79.9. The molecule has 0 aliphatic heterocycles. The van der Waals surface area contributed by atoms with Gasteiger partial charge in [0.1, 0.15) is 5.82 Å². The molecule has 0 spiro atoms. The van der Waals surface area contributed by atoms with E-state index >= 15 is 0 Å². The Morgan fingerprint density at radius 1 is 1.19 bits per heavy atom. The molecule has 2 unspecified atom stereocenters. The number of aryl methyl sites for hydroxylation is 2. The fourth-order valence-corrected chi connectivity index (χ4v) is 4.26. The van der Waals surface area contributed by atoms with E-state index in [1.807, 2.05) is 13.0 Å². The van der Waals surface area contributed by atoms with Crippen LogP contribution in [0, 0.1) is 18.7 Å². The van der Waals surface area contributed by atoms with Crippen molar-refractivity contribution in [2.45, 2.75) is 37.4 Å². The molecule has 3 rings (SSSR count). The molecule has 0 aromatic heterocycles. The van der Waals surface area contributed by atoms with Gasteiger partial charge in [-0.15, -0.1) is 0 Å². The summed E-state index contributed by atoms with van der Waals surface area (Å²) in [6, 6.07) is 13.9. The van der Waals surface area contributed by atoms with E-state index in [1.165, 1.54) is 29.5 Å². The fraction of sp³-hybridized carbons (Fsp3) is 0.368. The van der Waals surface area contributed by atoms with E-state index < -0.39 is 0 Å². The lowest BCUT2D eigenvalue weighted by atomic mass is 9.89. The summed E-state index contributed by atoms with van der Waals surface area (Å²) >= 11 is 3.93. The maximum Gasteiger partial charge on any atom is 0.123 e. The zero-order valence-corrected chi connectivity index (χ0v) is 13.9. The minimum absolute atomic E-state index is 0.141. The van der Waals surface area contributed by atoms with Crippen molar-refractivity contribution in [1.29, 1.82) is 0 Å². The van der Waals surface area contributed by atoms with E-state index in [1.54, 1.807) is 12.1 Å². The van der Waals surface area contributed by atoms with Crippen LogP contribution >= 0.6 is 15.9 Å². The predicted octanol–water partition coefficient (Wildman–Crippen LogP) is 5.77. The molecule has 0 heterocycles. The third-order valence-corrected chi connectivity index (χ3v) is 5.81. The van der Waals surface area contributed by atoms with Crippen LogP contribution in [0.5, 0.6) is 0 Å². The Hall–Kier alpha value is -1.15. The van der Waals surface area contributed by atoms with Crippen molar-refractivity contribution in [3.63, 3.8) is 0 Å². The monoisotopic (exact) mass is 346 g/mol. The van der Waals surface area contributed by atoms with Crippen molar-refractivity contribution in [1.82, 2.24) is 0 Å². The van der Waals surface area contributed by atoms with Gasteiger partial charge in [-0.3, -0.25) is 0 Å². The van der Waals surface area contributed by atoms with E-state index in [0.29, 0.717) is 10.7 Å². The first-order valence-corrected chi connectivity index (χ1v) is 8.53. The summed E-state index contributed by atoms with van der Waals surface area (Å²) in [5.41, 5.74) is 5.23. The lowest BCUT2D eigenvalue weighted by molar-refractivity contribution is 0.473. The second-order valence-electron chi connectivity index (χ2n) is 6.03. The van der Waals surface area contributed by atoms with Gasteiger partial charge >= 0.3 is 0 Å². The van der Waals surface area contributed by atoms with E-state index in [2.05, 4.69) is 40.2 Å². The second kappa shape index (κ2) is 6.31. The molecule has 0 amide bonds. The number of hydrogen-bond donors (Lipinski definition) is 0. The van der Waals surface area contributed by atoms with E-state index in [9.17, 15) is 4.39 Å². The van der Waals surface area contributed by atoms with Crippen LogP contribution in [0.3, 0.4) is 0 Å². The molecule has 0 radical (unpaired) electrons. The van der Waals surface area contributed by atoms with Crippen molar-refractivity contribution in [3.05, 3.63) is 70.5 Å². The molecule has 21 heavy (non-hydrogen) atoms. The first kappa shape index (κ1) is 14.8. The lowest BCUT2D eigenvalue weighted by Crippen LogP contribution is -2.11. The van der Waals surface area contributed by atoms with E-state index in [0.717, 1.165) is 18.4 Å². The second-order valence-corrected chi connectivity index (χ2v) is 7.01. The fourth-order valence-electron chi connectivity index (χ4n) is 3.36. The van der Waals surface area contributed by atoms with Gasteiger partial charge in [-0.1, -0.05) is 46.3 Å². The number of halogens is 2. The number of benzene rings is 2. The molecule has 0 saturated carbocycles. The normalized spacial score (nSPS) is 21.7. The average Bonchev–Trinajstić information content (AvgIpc) is 2.63. The molecular weight excluding hydrogens is 327 g/mol. The van der Waals surface area contributed by atoms with Gasteiger partial charge in [0.05, 0.1) is 0 Å². The predicted molar refractivity (Wildman–Crippen MR) is 89.4 cm³/mol. The molecule has 110 valence electrons. The largest absolute Gasteiger partial charge is 0.207 e. The summed E-state index contributed by atoms with van der Waals surface area (Å²) in [4.78, 5) is 0.389. The topological polar surface area (TPSA) is 0 Å².